The highest BCUT2D eigenvalue weighted by Gasteiger charge is 2.52. The van der Waals surface area contributed by atoms with E-state index in [1.807, 2.05) is 12.3 Å². The zero-order chi connectivity index (χ0) is 15.1. The third kappa shape index (κ3) is 2.72. The van der Waals surface area contributed by atoms with E-state index in [2.05, 4.69) is 49.7 Å². The van der Waals surface area contributed by atoms with Crippen LogP contribution in [0.1, 0.15) is 34.1 Å². The Hall–Kier alpha value is -1.33. The predicted molar refractivity (Wildman–Crippen MR) is 85.2 cm³/mol. The molecule has 1 aromatic heterocycles. The van der Waals surface area contributed by atoms with E-state index in [1.165, 1.54) is 11.2 Å². The van der Waals surface area contributed by atoms with Crippen LogP contribution in [0.5, 0.6) is 0 Å². The van der Waals surface area contributed by atoms with Crippen LogP contribution in [0.4, 0.5) is 5.69 Å². The summed E-state index contributed by atoms with van der Waals surface area (Å²) in [5.74, 6) is 0. The molecule has 1 fully saturated rings. The van der Waals surface area contributed by atoms with Crippen molar-refractivity contribution in [2.75, 3.05) is 18.0 Å². The molecule has 0 atom stereocenters. The van der Waals surface area contributed by atoms with Gasteiger partial charge in [-0.25, -0.2) is 0 Å². The largest absolute Gasteiger partial charge is 0.490 e. The Labute approximate surface area is 127 Å². The van der Waals surface area contributed by atoms with Gasteiger partial charge in [0.1, 0.15) is 0 Å². The maximum Gasteiger partial charge on any atom is 0.490 e. The SMILES string of the molecule is CC1(C)OB(C2=CCN(c3cccnc3)CC2)OC1(C)C. The van der Waals surface area contributed by atoms with Crippen molar-refractivity contribution in [1.29, 1.82) is 0 Å². The molecule has 0 unspecified atom stereocenters. The summed E-state index contributed by atoms with van der Waals surface area (Å²) in [5.41, 5.74) is 1.90. The fraction of sp³-hybridized carbons (Fsp3) is 0.562. The lowest BCUT2D eigenvalue weighted by Crippen LogP contribution is -2.41. The molecule has 2 aliphatic heterocycles. The van der Waals surface area contributed by atoms with Gasteiger partial charge in [0.2, 0.25) is 0 Å². The molecule has 3 rings (SSSR count). The molecule has 0 N–H and O–H groups in total. The number of anilines is 1. The molecule has 4 nitrogen and oxygen atoms in total. The van der Waals surface area contributed by atoms with Crippen LogP contribution in [0.2, 0.25) is 0 Å². The van der Waals surface area contributed by atoms with Crippen molar-refractivity contribution in [2.45, 2.75) is 45.3 Å². The second-order valence-electron chi connectivity index (χ2n) is 6.77. The normalized spacial score (nSPS) is 24.1. The average molecular weight is 286 g/mol. The maximum absolute atomic E-state index is 6.12. The van der Waals surface area contributed by atoms with Crippen molar-refractivity contribution >= 4 is 12.8 Å². The van der Waals surface area contributed by atoms with E-state index in [-0.39, 0.29) is 18.3 Å². The summed E-state index contributed by atoms with van der Waals surface area (Å²) in [6.45, 7) is 10.2. The first-order chi connectivity index (χ1) is 9.89. The van der Waals surface area contributed by atoms with Crippen LogP contribution in [0.25, 0.3) is 0 Å². The van der Waals surface area contributed by atoms with Crippen LogP contribution in [0, 0.1) is 0 Å². The number of hydrogen-bond acceptors (Lipinski definition) is 4. The lowest BCUT2D eigenvalue weighted by Gasteiger charge is -2.32. The topological polar surface area (TPSA) is 34.6 Å². The molecule has 0 saturated carbocycles. The van der Waals surface area contributed by atoms with Crippen molar-refractivity contribution in [2.24, 2.45) is 0 Å². The molecular formula is C16H23BN2O2. The molecule has 0 amide bonds. The molecule has 0 bridgehead atoms. The number of pyridine rings is 1. The summed E-state index contributed by atoms with van der Waals surface area (Å²) in [6.07, 6.45) is 6.91. The smallest absolute Gasteiger partial charge is 0.400 e. The third-order valence-corrected chi connectivity index (χ3v) is 4.81. The van der Waals surface area contributed by atoms with Crippen LogP contribution in [0.3, 0.4) is 0 Å². The Bertz CT molecular complexity index is 526. The van der Waals surface area contributed by atoms with Gasteiger partial charge in [-0.1, -0.05) is 6.08 Å². The van der Waals surface area contributed by atoms with Gasteiger partial charge >= 0.3 is 7.12 Å². The fourth-order valence-electron chi connectivity index (χ4n) is 2.67. The summed E-state index contributed by atoms with van der Waals surface area (Å²) in [5, 5.41) is 0. The first-order valence-electron chi connectivity index (χ1n) is 7.59. The number of nitrogens with zero attached hydrogens (tertiary/aromatic N) is 2. The average Bonchev–Trinajstić information content (AvgIpc) is 2.69. The molecule has 21 heavy (non-hydrogen) atoms. The van der Waals surface area contributed by atoms with Gasteiger partial charge in [0.15, 0.2) is 0 Å². The molecular weight excluding hydrogens is 263 g/mol. The van der Waals surface area contributed by atoms with Crippen molar-refractivity contribution < 1.29 is 9.31 Å². The summed E-state index contributed by atoms with van der Waals surface area (Å²) in [7, 11) is -0.203. The van der Waals surface area contributed by atoms with Gasteiger partial charge < -0.3 is 14.2 Å². The molecule has 0 aromatic carbocycles. The molecule has 1 aromatic rings. The van der Waals surface area contributed by atoms with E-state index in [0.29, 0.717) is 0 Å². The predicted octanol–water partition coefficient (Wildman–Crippen LogP) is 2.85. The summed E-state index contributed by atoms with van der Waals surface area (Å²) >= 11 is 0. The molecule has 3 heterocycles. The lowest BCUT2D eigenvalue weighted by atomic mass is 9.74. The van der Waals surface area contributed by atoms with Gasteiger partial charge in [0.05, 0.1) is 23.1 Å². The minimum atomic E-state index is -0.265. The van der Waals surface area contributed by atoms with Gasteiger partial charge in [-0.15, -0.1) is 0 Å². The van der Waals surface area contributed by atoms with Crippen molar-refractivity contribution in [3.8, 4) is 0 Å². The molecule has 0 aliphatic carbocycles. The second-order valence-corrected chi connectivity index (χ2v) is 6.77. The van der Waals surface area contributed by atoms with Gasteiger partial charge in [0, 0.05) is 19.3 Å². The number of aromatic nitrogens is 1. The highest BCUT2D eigenvalue weighted by molar-refractivity contribution is 6.54. The Morgan fingerprint density at radius 1 is 1.19 bits per heavy atom. The first kappa shape index (κ1) is 14.6. The zero-order valence-corrected chi connectivity index (χ0v) is 13.3. The van der Waals surface area contributed by atoms with Crippen LogP contribution in [-0.4, -0.2) is 36.4 Å². The van der Waals surface area contributed by atoms with Crippen LogP contribution in [0.15, 0.2) is 36.1 Å². The molecule has 0 radical (unpaired) electrons. The zero-order valence-electron chi connectivity index (χ0n) is 13.3. The molecule has 2 aliphatic rings. The summed E-state index contributed by atoms with van der Waals surface area (Å²) < 4.78 is 12.2. The highest BCUT2D eigenvalue weighted by Crippen LogP contribution is 2.39. The third-order valence-electron chi connectivity index (χ3n) is 4.81. The molecule has 0 spiro atoms. The Balaban J connectivity index is 1.69. The van der Waals surface area contributed by atoms with E-state index in [0.717, 1.165) is 19.5 Å². The molecule has 5 heteroatoms. The Kier molecular flexibility index (Phi) is 3.58. The van der Waals surface area contributed by atoms with Crippen LogP contribution < -0.4 is 4.90 Å². The Morgan fingerprint density at radius 2 is 1.90 bits per heavy atom. The Morgan fingerprint density at radius 3 is 2.43 bits per heavy atom. The monoisotopic (exact) mass is 286 g/mol. The van der Waals surface area contributed by atoms with Crippen molar-refractivity contribution in [3.05, 3.63) is 36.1 Å². The minimum Gasteiger partial charge on any atom is -0.400 e. The minimum absolute atomic E-state index is 0.203. The van der Waals surface area contributed by atoms with Crippen molar-refractivity contribution in [1.82, 2.24) is 4.98 Å². The maximum atomic E-state index is 6.12. The van der Waals surface area contributed by atoms with Gasteiger partial charge in [-0.2, -0.15) is 0 Å². The quantitative estimate of drug-likeness (QED) is 0.783. The van der Waals surface area contributed by atoms with Crippen LogP contribution >= 0.6 is 0 Å². The standard InChI is InChI=1S/C16H23BN2O2/c1-15(2)16(3,4)21-17(20-15)13-7-10-19(11-8-13)14-6-5-9-18-12-14/h5-7,9,12H,8,10-11H2,1-4H3. The summed E-state index contributed by atoms with van der Waals surface area (Å²) in [4.78, 5) is 6.50. The number of rotatable bonds is 2. The van der Waals surface area contributed by atoms with Crippen molar-refractivity contribution in [3.63, 3.8) is 0 Å². The fourth-order valence-corrected chi connectivity index (χ4v) is 2.67. The van der Waals surface area contributed by atoms with Gasteiger partial charge in [-0.05, 0) is 51.7 Å². The summed E-state index contributed by atoms with van der Waals surface area (Å²) in [6, 6.07) is 4.07. The van der Waals surface area contributed by atoms with Gasteiger partial charge in [-0.3, -0.25) is 4.98 Å². The van der Waals surface area contributed by atoms with E-state index in [1.54, 1.807) is 6.20 Å². The van der Waals surface area contributed by atoms with E-state index < -0.39 is 0 Å². The molecule has 1 saturated heterocycles. The van der Waals surface area contributed by atoms with E-state index >= 15 is 0 Å². The second kappa shape index (κ2) is 5.14. The lowest BCUT2D eigenvalue weighted by molar-refractivity contribution is 0.00578. The molecule has 112 valence electrons. The van der Waals surface area contributed by atoms with Crippen LogP contribution in [-0.2, 0) is 9.31 Å². The highest BCUT2D eigenvalue weighted by atomic mass is 16.7. The number of hydrogen-bond donors (Lipinski definition) is 0. The van der Waals surface area contributed by atoms with E-state index in [9.17, 15) is 0 Å². The van der Waals surface area contributed by atoms with E-state index in [4.69, 9.17) is 9.31 Å². The first-order valence-corrected chi connectivity index (χ1v) is 7.59. The van der Waals surface area contributed by atoms with Gasteiger partial charge in [0.25, 0.3) is 0 Å².